The number of aromatic carboxylic acids is 1. The van der Waals surface area contributed by atoms with E-state index in [9.17, 15) is 24.5 Å². The predicted octanol–water partition coefficient (Wildman–Crippen LogP) is 3.01. The van der Waals surface area contributed by atoms with Crippen molar-refractivity contribution in [1.29, 1.82) is 0 Å². The Hall–Kier alpha value is -4.34. The molecule has 2 fully saturated rings. The normalized spacial score (nSPS) is 24.8. The Labute approximate surface area is 193 Å². The van der Waals surface area contributed by atoms with E-state index >= 15 is 0 Å². The maximum atomic E-state index is 12.8. The smallest absolute Gasteiger partial charge is 0.335 e. The summed E-state index contributed by atoms with van der Waals surface area (Å²) >= 11 is 0. The highest BCUT2D eigenvalue weighted by atomic mass is 16.6. The average Bonchev–Trinajstić information content (AvgIpc) is 3.51. The fourth-order valence-corrected chi connectivity index (χ4v) is 4.96. The summed E-state index contributed by atoms with van der Waals surface area (Å²) < 4.78 is 5.72. The number of carboxylic acid groups (broad SMARTS) is 1. The van der Waals surface area contributed by atoms with Crippen LogP contribution in [-0.2, 0) is 16.2 Å². The molecule has 0 aromatic heterocycles. The Morgan fingerprint density at radius 1 is 1.12 bits per heavy atom. The Morgan fingerprint density at radius 2 is 1.76 bits per heavy atom. The van der Waals surface area contributed by atoms with Crippen molar-refractivity contribution in [3.05, 3.63) is 81.4 Å². The minimum atomic E-state index is -1.07. The molecule has 1 N–H and O–H groups in total. The first-order valence-corrected chi connectivity index (χ1v) is 10.7. The molecule has 2 bridgehead atoms. The number of para-hydroxylation sites is 1. The summed E-state index contributed by atoms with van der Waals surface area (Å²) in [6.07, 6.45) is 6.00. The van der Waals surface area contributed by atoms with E-state index in [1.54, 1.807) is 12.1 Å². The second-order valence-corrected chi connectivity index (χ2v) is 8.48. The number of nitro groups is 1. The van der Waals surface area contributed by atoms with Crippen LogP contribution < -0.4 is 4.74 Å². The fraction of sp³-hybridized carbons (Fsp3) is 0.250. The Morgan fingerprint density at radius 3 is 2.35 bits per heavy atom. The third-order valence-corrected chi connectivity index (χ3v) is 6.56. The standard InChI is InChI=1S/C24H19N3O7/c28-22-19-15-8-9-16(10-15)20(19)23(29)26(22)25-11-17-2-1-3-18(27(32)33)21(17)34-12-13-4-6-14(7-5-13)24(30)31/h1-9,11,15-16,19-20H,10,12H2,(H,30,31)/t15-,16-,19-,20+/m0/s1. The van der Waals surface area contributed by atoms with Crippen molar-refractivity contribution in [3.63, 3.8) is 0 Å². The van der Waals surface area contributed by atoms with Gasteiger partial charge in [-0.1, -0.05) is 30.4 Å². The fourth-order valence-electron chi connectivity index (χ4n) is 4.96. The Bertz CT molecular complexity index is 1240. The van der Waals surface area contributed by atoms with Gasteiger partial charge in [0.1, 0.15) is 6.61 Å². The lowest BCUT2D eigenvalue weighted by molar-refractivity contribution is -0.386. The molecule has 0 unspecified atom stereocenters. The van der Waals surface area contributed by atoms with Gasteiger partial charge in [0.05, 0.1) is 28.5 Å². The summed E-state index contributed by atoms with van der Waals surface area (Å²) in [6.45, 7) is -0.0631. The largest absolute Gasteiger partial charge is 0.481 e. The van der Waals surface area contributed by atoms with Crippen LogP contribution in [0.1, 0.15) is 27.9 Å². The van der Waals surface area contributed by atoms with E-state index in [0.29, 0.717) is 5.56 Å². The molecule has 10 nitrogen and oxygen atoms in total. The van der Waals surface area contributed by atoms with Gasteiger partial charge in [-0.15, -0.1) is 0 Å². The van der Waals surface area contributed by atoms with Crippen molar-refractivity contribution < 1.29 is 29.2 Å². The first-order valence-electron chi connectivity index (χ1n) is 10.7. The number of hydrogen-bond donors (Lipinski definition) is 1. The molecule has 0 spiro atoms. The number of nitro benzene ring substituents is 1. The number of allylic oxidation sites excluding steroid dienone is 2. The molecular weight excluding hydrogens is 442 g/mol. The van der Waals surface area contributed by atoms with Gasteiger partial charge in [-0.05, 0) is 42.0 Å². The van der Waals surface area contributed by atoms with Crippen molar-refractivity contribution in [2.75, 3.05) is 0 Å². The highest BCUT2D eigenvalue weighted by Crippen LogP contribution is 2.52. The van der Waals surface area contributed by atoms with Crippen molar-refractivity contribution in [2.24, 2.45) is 28.8 Å². The summed E-state index contributed by atoms with van der Waals surface area (Å²) in [7, 11) is 0. The molecule has 1 heterocycles. The SMILES string of the molecule is O=C(O)c1ccc(COc2c(C=NN3C(=O)[C@@H]4[C@H](C3=O)[C@H]3C=C[C@H]4C3)cccc2[N+](=O)[O-])cc1. The van der Waals surface area contributed by atoms with Gasteiger partial charge in [0.2, 0.25) is 5.75 Å². The van der Waals surface area contributed by atoms with Gasteiger partial charge >= 0.3 is 11.7 Å². The van der Waals surface area contributed by atoms with Crippen LogP contribution in [0, 0.1) is 33.8 Å². The van der Waals surface area contributed by atoms with E-state index in [-0.39, 0.29) is 52.8 Å². The van der Waals surface area contributed by atoms with E-state index in [1.165, 1.54) is 36.5 Å². The first-order chi connectivity index (χ1) is 16.3. The number of carbonyl (C=O) groups excluding carboxylic acids is 2. The van der Waals surface area contributed by atoms with Gasteiger partial charge < -0.3 is 9.84 Å². The molecule has 1 saturated carbocycles. The number of carboxylic acids is 1. The summed E-state index contributed by atoms with van der Waals surface area (Å²) in [4.78, 5) is 47.6. The molecule has 2 aliphatic carbocycles. The highest BCUT2D eigenvalue weighted by Gasteiger charge is 2.59. The minimum Gasteiger partial charge on any atom is -0.481 e. The van der Waals surface area contributed by atoms with Crippen LogP contribution in [0.3, 0.4) is 0 Å². The summed E-state index contributed by atoms with van der Waals surface area (Å²) in [5.74, 6) is -2.53. The number of carbonyl (C=O) groups is 3. The predicted molar refractivity (Wildman–Crippen MR) is 118 cm³/mol. The van der Waals surface area contributed by atoms with E-state index in [1.807, 2.05) is 12.2 Å². The van der Waals surface area contributed by atoms with Crippen molar-refractivity contribution in [2.45, 2.75) is 13.0 Å². The molecule has 10 heteroatoms. The molecule has 2 aromatic rings. The average molecular weight is 461 g/mol. The van der Waals surface area contributed by atoms with Gasteiger partial charge in [-0.25, -0.2) is 4.79 Å². The monoisotopic (exact) mass is 461 g/mol. The quantitative estimate of drug-likeness (QED) is 0.220. The maximum absolute atomic E-state index is 12.8. The summed E-state index contributed by atoms with van der Waals surface area (Å²) in [5.41, 5.74) is 0.641. The minimum absolute atomic E-state index is 0.0517. The number of ether oxygens (including phenoxy) is 1. The van der Waals surface area contributed by atoms with Crippen LogP contribution in [0.25, 0.3) is 0 Å². The van der Waals surface area contributed by atoms with Gasteiger partial charge in [-0.2, -0.15) is 10.1 Å². The molecule has 1 saturated heterocycles. The highest BCUT2D eigenvalue weighted by molar-refractivity contribution is 6.07. The zero-order valence-corrected chi connectivity index (χ0v) is 17.7. The Kier molecular flexibility index (Phi) is 5.20. The zero-order chi connectivity index (χ0) is 24.0. The second-order valence-electron chi connectivity index (χ2n) is 8.48. The summed E-state index contributed by atoms with van der Waals surface area (Å²) in [6, 6.07) is 10.2. The van der Waals surface area contributed by atoms with Crippen molar-refractivity contribution in [3.8, 4) is 5.75 Å². The van der Waals surface area contributed by atoms with Gasteiger partial charge in [0, 0.05) is 11.6 Å². The molecule has 4 atom stereocenters. The van der Waals surface area contributed by atoms with Crippen LogP contribution >= 0.6 is 0 Å². The van der Waals surface area contributed by atoms with E-state index in [2.05, 4.69) is 5.10 Å². The number of benzene rings is 2. The first kappa shape index (κ1) is 21.5. The Balaban J connectivity index is 1.39. The van der Waals surface area contributed by atoms with Crippen LogP contribution in [0.5, 0.6) is 5.75 Å². The lowest BCUT2D eigenvalue weighted by Crippen LogP contribution is -2.28. The number of hydrazone groups is 1. The number of rotatable bonds is 7. The topological polar surface area (TPSA) is 139 Å². The number of amides is 2. The van der Waals surface area contributed by atoms with Crippen molar-refractivity contribution in [1.82, 2.24) is 5.01 Å². The molecule has 2 amide bonds. The number of imide groups is 1. The lowest BCUT2D eigenvalue weighted by atomic mass is 9.85. The molecule has 1 aliphatic heterocycles. The van der Waals surface area contributed by atoms with E-state index in [0.717, 1.165) is 11.4 Å². The van der Waals surface area contributed by atoms with Gasteiger partial charge in [0.15, 0.2) is 0 Å². The van der Waals surface area contributed by atoms with Crippen LogP contribution in [0.4, 0.5) is 5.69 Å². The van der Waals surface area contributed by atoms with E-state index < -0.39 is 22.7 Å². The van der Waals surface area contributed by atoms with E-state index in [4.69, 9.17) is 9.84 Å². The summed E-state index contributed by atoms with van der Waals surface area (Å²) in [5, 5.41) is 25.5. The van der Waals surface area contributed by atoms with Gasteiger partial charge in [0.25, 0.3) is 11.8 Å². The number of nitrogens with zero attached hydrogens (tertiary/aromatic N) is 3. The maximum Gasteiger partial charge on any atom is 0.335 e. The van der Waals surface area contributed by atoms with Crippen LogP contribution in [-0.4, -0.2) is 39.0 Å². The molecular formula is C24H19N3O7. The molecule has 34 heavy (non-hydrogen) atoms. The molecule has 5 rings (SSSR count). The lowest BCUT2D eigenvalue weighted by Gasteiger charge is -2.13. The third-order valence-electron chi connectivity index (χ3n) is 6.56. The molecule has 3 aliphatic rings. The molecule has 2 aromatic carbocycles. The number of hydrogen-bond acceptors (Lipinski definition) is 7. The second kappa shape index (κ2) is 8.22. The number of fused-ring (bicyclic) bond motifs is 5. The van der Waals surface area contributed by atoms with Gasteiger partial charge in [-0.3, -0.25) is 19.7 Å². The zero-order valence-electron chi connectivity index (χ0n) is 17.7. The van der Waals surface area contributed by atoms with Crippen LogP contribution in [0.15, 0.2) is 59.7 Å². The van der Waals surface area contributed by atoms with Crippen LogP contribution in [0.2, 0.25) is 0 Å². The molecule has 0 radical (unpaired) electrons. The molecule has 172 valence electrons. The van der Waals surface area contributed by atoms with Crippen molar-refractivity contribution >= 4 is 29.7 Å². The third kappa shape index (κ3) is 3.53.